The van der Waals surface area contributed by atoms with E-state index in [0.717, 1.165) is 28.8 Å². The number of benzene rings is 3. The van der Waals surface area contributed by atoms with Crippen LogP contribution in [0.1, 0.15) is 43.2 Å². The number of amides is 1. The van der Waals surface area contributed by atoms with Crippen molar-refractivity contribution in [2.75, 3.05) is 31.0 Å². The van der Waals surface area contributed by atoms with Gasteiger partial charge in [-0.05, 0) is 84.0 Å². The van der Waals surface area contributed by atoms with Crippen LogP contribution in [0.5, 0.6) is 0 Å². The third kappa shape index (κ3) is 5.77. The minimum atomic E-state index is -0.221. The van der Waals surface area contributed by atoms with Gasteiger partial charge in [-0.25, -0.2) is 0 Å². The van der Waals surface area contributed by atoms with Crippen LogP contribution in [0, 0.1) is 17.8 Å². The van der Waals surface area contributed by atoms with Crippen molar-refractivity contribution in [3.8, 4) is 11.1 Å². The summed E-state index contributed by atoms with van der Waals surface area (Å²) in [6.07, 6.45) is 5.59. The molecule has 5 nitrogen and oxygen atoms in total. The normalized spacial score (nSPS) is 19.8. The van der Waals surface area contributed by atoms with E-state index in [1.54, 1.807) is 0 Å². The van der Waals surface area contributed by atoms with Gasteiger partial charge in [0.05, 0.1) is 13.7 Å². The molecule has 2 unspecified atom stereocenters. The van der Waals surface area contributed by atoms with E-state index in [1.165, 1.54) is 37.6 Å². The Kier molecular flexibility index (Phi) is 7.82. The topological polar surface area (TPSA) is 49.9 Å². The highest BCUT2D eigenvalue weighted by atomic mass is 16.5. The van der Waals surface area contributed by atoms with Crippen LogP contribution in [0.25, 0.3) is 11.1 Å². The Morgan fingerprint density at radius 3 is 2.16 bits per heavy atom. The molecule has 3 aromatic rings. The van der Waals surface area contributed by atoms with Crippen LogP contribution in [-0.2, 0) is 27.3 Å². The van der Waals surface area contributed by atoms with E-state index in [4.69, 9.17) is 4.74 Å². The fourth-order valence-electron chi connectivity index (χ4n) is 6.21. The summed E-state index contributed by atoms with van der Waals surface area (Å²) < 4.78 is 4.81. The van der Waals surface area contributed by atoms with Gasteiger partial charge in [-0.1, -0.05) is 55.0 Å². The van der Waals surface area contributed by atoms with Gasteiger partial charge in [-0.2, -0.15) is 0 Å². The molecule has 0 radical (unpaired) electrons. The maximum absolute atomic E-state index is 14.0. The molecule has 0 aliphatic heterocycles. The van der Waals surface area contributed by atoms with Crippen molar-refractivity contribution in [1.82, 2.24) is 0 Å². The minimum Gasteiger partial charge on any atom is -0.469 e. The van der Waals surface area contributed by atoms with Gasteiger partial charge in [0.25, 0.3) is 0 Å². The second kappa shape index (κ2) is 11.4. The zero-order valence-corrected chi connectivity index (χ0v) is 22.7. The molecule has 2 fully saturated rings. The number of hydrogen-bond donors (Lipinski definition) is 0. The van der Waals surface area contributed by atoms with Crippen molar-refractivity contribution in [3.05, 3.63) is 83.9 Å². The number of carbonyl (C=O) groups excluding carboxylic acids is 2. The lowest BCUT2D eigenvalue weighted by Crippen LogP contribution is -2.38. The zero-order chi connectivity index (χ0) is 26.6. The first kappa shape index (κ1) is 26.0. The molecule has 0 heterocycles. The van der Waals surface area contributed by atoms with E-state index < -0.39 is 0 Å². The van der Waals surface area contributed by atoms with Gasteiger partial charge in [-0.15, -0.1) is 0 Å². The fourth-order valence-corrected chi connectivity index (χ4v) is 6.21. The highest BCUT2D eigenvalue weighted by Crippen LogP contribution is 2.49. The number of esters is 1. The Bertz CT molecular complexity index is 1270. The number of aryl methyl sites for hydroxylation is 1. The van der Waals surface area contributed by atoms with Gasteiger partial charge < -0.3 is 14.5 Å². The van der Waals surface area contributed by atoms with Crippen LogP contribution in [0.4, 0.5) is 11.4 Å². The SMILES string of the molecule is COC(=O)CCc1cccc(N(Cc2ccc(-c3ccc(N(C)C)cc3)cc2)C(=O)[C@@H]2CC3CCC2C3)c1. The second-order valence-electron chi connectivity index (χ2n) is 11.1. The monoisotopic (exact) mass is 510 g/mol. The number of carbonyl (C=O) groups is 2. The van der Waals surface area contributed by atoms with Crippen LogP contribution in [0.3, 0.4) is 0 Å². The number of fused-ring (bicyclic) bond motifs is 2. The molecule has 3 atom stereocenters. The van der Waals surface area contributed by atoms with Gasteiger partial charge in [0, 0.05) is 37.8 Å². The molecule has 3 aromatic carbocycles. The van der Waals surface area contributed by atoms with Gasteiger partial charge in [0.15, 0.2) is 0 Å². The number of methoxy groups -OCH3 is 1. The van der Waals surface area contributed by atoms with Crippen LogP contribution in [-0.4, -0.2) is 33.1 Å². The molecule has 2 saturated carbocycles. The quantitative estimate of drug-likeness (QED) is 0.309. The predicted octanol–water partition coefficient (Wildman–Crippen LogP) is 6.49. The number of hydrogen-bond acceptors (Lipinski definition) is 4. The Labute approximate surface area is 226 Å². The molecule has 198 valence electrons. The summed E-state index contributed by atoms with van der Waals surface area (Å²) in [7, 11) is 5.50. The van der Waals surface area contributed by atoms with Crippen LogP contribution in [0.2, 0.25) is 0 Å². The Morgan fingerprint density at radius 1 is 0.842 bits per heavy atom. The zero-order valence-electron chi connectivity index (χ0n) is 22.7. The molecule has 0 spiro atoms. The molecule has 2 aliphatic rings. The van der Waals surface area contributed by atoms with E-state index in [-0.39, 0.29) is 17.8 Å². The molecule has 2 aliphatic carbocycles. The molecular weight excluding hydrogens is 472 g/mol. The third-order valence-corrected chi connectivity index (χ3v) is 8.40. The van der Waals surface area contributed by atoms with Gasteiger partial charge in [0.1, 0.15) is 0 Å². The minimum absolute atomic E-state index is 0.113. The second-order valence-corrected chi connectivity index (χ2v) is 11.1. The first-order valence-corrected chi connectivity index (χ1v) is 13.7. The molecular formula is C33H38N2O3. The maximum Gasteiger partial charge on any atom is 0.305 e. The van der Waals surface area contributed by atoms with Gasteiger partial charge in [0.2, 0.25) is 5.91 Å². The molecule has 2 bridgehead atoms. The number of rotatable bonds is 9. The van der Waals surface area contributed by atoms with Crippen LogP contribution >= 0.6 is 0 Å². The summed E-state index contributed by atoms with van der Waals surface area (Å²) in [5.41, 5.74) is 6.56. The summed E-state index contributed by atoms with van der Waals surface area (Å²) in [6, 6.07) is 25.2. The third-order valence-electron chi connectivity index (χ3n) is 8.40. The van der Waals surface area contributed by atoms with E-state index in [1.807, 2.05) is 37.2 Å². The standard InChI is InChI=1S/C33H38N2O3/c1-34(2)29-16-14-27(15-17-29)26-11-7-24(8-12-26)22-35(33(37)31-21-25-9-13-28(31)19-25)30-6-4-5-23(20-30)10-18-32(36)38-3/h4-8,11-12,14-17,20,25,28,31H,9-10,13,18-19,21-22H2,1-3H3/t25?,28?,31-/m1/s1. The lowest BCUT2D eigenvalue weighted by molar-refractivity contribution is -0.140. The van der Waals surface area contributed by atoms with Crippen molar-refractivity contribution in [2.45, 2.75) is 45.1 Å². The molecule has 0 aromatic heterocycles. The molecule has 1 amide bonds. The lowest BCUT2D eigenvalue weighted by Gasteiger charge is -2.30. The molecule has 38 heavy (non-hydrogen) atoms. The first-order chi connectivity index (χ1) is 18.4. The van der Waals surface area contributed by atoms with E-state index in [9.17, 15) is 9.59 Å². The van der Waals surface area contributed by atoms with Crippen molar-refractivity contribution >= 4 is 23.3 Å². The summed E-state index contributed by atoms with van der Waals surface area (Å²) in [5, 5.41) is 0. The average Bonchev–Trinajstić information content (AvgIpc) is 3.59. The van der Waals surface area contributed by atoms with E-state index >= 15 is 0 Å². The summed E-state index contributed by atoms with van der Waals surface area (Å²) in [5.74, 6) is 1.36. The number of ether oxygens (including phenoxy) is 1. The smallest absolute Gasteiger partial charge is 0.305 e. The fraction of sp³-hybridized carbons (Fsp3) is 0.394. The van der Waals surface area contributed by atoms with Crippen LogP contribution in [0.15, 0.2) is 72.8 Å². The average molecular weight is 511 g/mol. The molecule has 5 heteroatoms. The molecule has 0 saturated heterocycles. The Hall–Kier alpha value is -3.60. The van der Waals surface area contributed by atoms with Gasteiger partial charge in [-0.3, -0.25) is 9.59 Å². The van der Waals surface area contributed by atoms with Crippen LogP contribution < -0.4 is 9.80 Å². The number of anilines is 2. The Balaban J connectivity index is 1.37. The Morgan fingerprint density at radius 2 is 1.55 bits per heavy atom. The summed E-state index contributed by atoms with van der Waals surface area (Å²) in [6.45, 7) is 0.535. The highest BCUT2D eigenvalue weighted by molar-refractivity contribution is 5.95. The van der Waals surface area contributed by atoms with Crippen molar-refractivity contribution in [1.29, 1.82) is 0 Å². The molecule has 5 rings (SSSR count). The highest BCUT2D eigenvalue weighted by Gasteiger charge is 2.44. The van der Waals surface area contributed by atoms with E-state index in [0.29, 0.717) is 31.2 Å². The first-order valence-electron chi connectivity index (χ1n) is 13.7. The predicted molar refractivity (Wildman–Crippen MR) is 153 cm³/mol. The summed E-state index contributed by atoms with van der Waals surface area (Å²) >= 11 is 0. The van der Waals surface area contributed by atoms with Gasteiger partial charge >= 0.3 is 5.97 Å². The molecule has 0 N–H and O–H groups in total. The van der Waals surface area contributed by atoms with E-state index in [2.05, 4.69) is 59.5 Å². The maximum atomic E-state index is 14.0. The largest absolute Gasteiger partial charge is 0.469 e. The van der Waals surface area contributed by atoms with Crippen molar-refractivity contribution in [3.63, 3.8) is 0 Å². The lowest BCUT2D eigenvalue weighted by atomic mass is 9.87. The van der Waals surface area contributed by atoms with Crippen molar-refractivity contribution < 1.29 is 14.3 Å². The summed E-state index contributed by atoms with van der Waals surface area (Å²) in [4.78, 5) is 29.8. The number of nitrogens with zero attached hydrogens (tertiary/aromatic N) is 2. The van der Waals surface area contributed by atoms with Crippen molar-refractivity contribution in [2.24, 2.45) is 17.8 Å².